The van der Waals surface area contributed by atoms with Crippen molar-refractivity contribution in [2.75, 3.05) is 7.11 Å². The first-order chi connectivity index (χ1) is 9.60. The topological polar surface area (TPSA) is 64.1 Å². The lowest BCUT2D eigenvalue weighted by atomic mass is 10.2. The molecule has 7 heteroatoms. The van der Waals surface area contributed by atoms with E-state index in [2.05, 4.69) is 15.3 Å². The Kier molecular flexibility index (Phi) is 4.47. The van der Waals surface area contributed by atoms with Crippen LogP contribution < -0.4 is 10.1 Å². The van der Waals surface area contributed by atoms with E-state index in [1.165, 1.54) is 7.11 Å². The second-order valence-corrected chi connectivity index (χ2v) is 4.24. The van der Waals surface area contributed by atoms with Crippen LogP contribution in [-0.4, -0.2) is 23.0 Å². The molecule has 104 valence electrons. The van der Waals surface area contributed by atoms with E-state index in [4.69, 9.17) is 16.3 Å². The predicted molar refractivity (Wildman–Crippen MR) is 71.2 cm³/mol. The van der Waals surface area contributed by atoms with E-state index < -0.39 is 11.7 Å². The first-order valence-corrected chi connectivity index (χ1v) is 6.06. The summed E-state index contributed by atoms with van der Waals surface area (Å²) in [7, 11) is 1.50. The number of ether oxygens (including phenoxy) is 1. The van der Waals surface area contributed by atoms with E-state index in [1.54, 1.807) is 18.3 Å². The highest BCUT2D eigenvalue weighted by molar-refractivity contribution is 6.32. The Balaban J connectivity index is 2.06. The number of halogens is 2. The molecule has 1 amide bonds. The molecule has 0 spiro atoms. The van der Waals surface area contributed by atoms with Crippen molar-refractivity contribution in [3.8, 4) is 5.88 Å². The summed E-state index contributed by atoms with van der Waals surface area (Å²) in [5, 5.41) is 2.58. The monoisotopic (exact) mass is 295 g/mol. The number of carbonyl (C=O) groups excluding carboxylic acids is 1. The summed E-state index contributed by atoms with van der Waals surface area (Å²) in [4.78, 5) is 19.4. The molecule has 0 fully saturated rings. The summed E-state index contributed by atoms with van der Waals surface area (Å²) < 4.78 is 18.0. The Labute approximate surface area is 119 Å². The van der Waals surface area contributed by atoms with Crippen LogP contribution in [-0.2, 0) is 6.54 Å². The Morgan fingerprint density at radius 1 is 1.45 bits per heavy atom. The first kappa shape index (κ1) is 14.2. The maximum absolute atomic E-state index is 13.0. The zero-order chi connectivity index (χ0) is 14.5. The highest BCUT2D eigenvalue weighted by Gasteiger charge is 2.12. The summed E-state index contributed by atoms with van der Waals surface area (Å²) in [6.45, 7) is 0.241. The lowest BCUT2D eigenvalue weighted by Gasteiger charge is -2.07. The van der Waals surface area contributed by atoms with E-state index in [0.29, 0.717) is 5.88 Å². The van der Waals surface area contributed by atoms with Gasteiger partial charge < -0.3 is 10.1 Å². The molecule has 0 aliphatic heterocycles. The summed E-state index contributed by atoms with van der Waals surface area (Å²) in [6, 6.07) is 4.46. The average molecular weight is 296 g/mol. The number of methoxy groups -OCH3 is 1. The van der Waals surface area contributed by atoms with Gasteiger partial charge in [-0.05, 0) is 17.7 Å². The first-order valence-electron chi connectivity index (χ1n) is 5.68. The minimum absolute atomic E-state index is 0.00677. The van der Waals surface area contributed by atoms with Gasteiger partial charge in [-0.3, -0.25) is 4.79 Å². The van der Waals surface area contributed by atoms with Crippen LogP contribution in [0.5, 0.6) is 5.88 Å². The molecule has 2 rings (SSSR count). The Morgan fingerprint density at radius 3 is 3.00 bits per heavy atom. The van der Waals surface area contributed by atoms with Crippen LogP contribution in [0.25, 0.3) is 0 Å². The number of hydrogen-bond acceptors (Lipinski definition) is 4. The molecule has 20 heavy (non-hydrogen) atoms. The normalized spacial score (nSPS) is 10.2. The number of carbonyl (C=O) groups is 1. The van der Waals surface area contributed by atoms with Gasteiger partial charge >= 0.3 is 0 Å². The second-order valence-electron chi connectivity index (χ2n) is 3.88. The highest BCUT2D eigenvalue weighted by atomic mass is 35.5. The lowest BCUT2D eigenvalue weighted by molar-refractivity contribution is 0.0950. The van der Waals surface area contributed by atoms with Gasteiger partial charge in [0.2, 0.25) is 5.88 Å². The Morgan fingerprint density at radius 2 is 2.25 bits per heavy atom. The van der Waals surface area contributed by atoms with Crippen LogP contribution in [0.15, 0.2) is 30.6 Å². The van der Waals surface area contributed by atoms with Gasteiger partial charge in [-0.1, -0.05) is 11.6 Å². The van der Waals surface area contributed by atoms with E-state index in [9.17, 15) is 9.18 Å². The molecule has 5 nitrogen and oxygen atoms in total. The van der Waals surface area contributed by atoms with Crippen LogP contribution in [0.1, 0.15) is 15.9 Å². The van der Waals surface area contributed by atoms with Crippen molar-refractivity contribution in [1.29, 1.82) is 0 Å². The number of nitrogens with one attached hydrogen (secondary N) is 1. The third-order valence-electron chi connectivity index (χ3n) is 2.51. The van der Waals surface area contributed by atoms with Crippen molar-refractivity contribution < 1.29 is 13.9 Å². The van der Waals surface area contributed by atoms with Crippen LogP contribution in [0.2, 0.25) is 5.15 Å². The van der Waals surface area contributed by atoms with E-state index >= 15 is 0 Å². The molecule has 0 aliphatic rings. The summed E-state index contributed by atoms with van der Waals surface area (Å²) in [5.41, 5.74) is 0.790. The molecule has 2 aromatic heterocycles. The number of rotatable bonds is 4. The number of hydrogen-bond donors (Lipinski definition) is 1. The zero-order valence-electron chi connectivity index (χ0n) is 10.6. The second kappa shape index (κ2) is 6.29. The Bertz CT molecular complexity index is 637. The van der Waals surface area contributed by atoms with Crippen LogP contribution >= 0.6 is 11.6 Å². The number of pyridine rings is 2. The fourth-order valence-electron chi connectivity index (χ4n) is 1.53. The van der Waals surface area contributed by atoms with Crippen molar-refractivity contribution in [3.05, 3.63) is 52.7 Å². The maximum Gasteiger partial charge on any atom is 0.254 e. The molecule has 1 N–H and O–H groups in total. The lowest BCUT2D eigenvalue weighted by Crippen LogP contribution is -2.23. The average Bonchev–Trinajstić information content (AvgIpc) is 2.47. The SMILES string of the molecule is COc1cc(CNC(=O)c2cc(F)cnc2Cl)ccn1. The minimum atomic E-state index is -0.620. The molecule has 0 saturated carbocycles. The molecule has 0 radical (unpaired) electrons. The standard InChI is InChI=1S/C13H11ClFN3O2/c1-20-11-4-8(2-3-16-11)6-18-13(19)10-5-9(15)7-17-12(10)14/h2-5,7H,6H2,1H3,(H,18,19). The van der Waals surface area contributed by atoms with Crippen molar-refractivity contribution in [2.45, 2.75) is 6.54 Å². The van der Waals surface area contributed by atoms with Gasteiger partial charge in [0.15, 0.2) is 0 Å². The molecule has 0 aliphatic carbocycles. The summed E-state index contributed by atoms with van der Waals surface area (Å²) >= 11 is 5.75. The van der Waals surface area contributed by atoms with E-state index in [1.807, 2.05) is 0 Å². The van der Waals surface area contributed by atoms with Gasteiger partial charge in [0.05, 0.1) is 18.9 Å². The smallest absolute Gasteiger partial charge is 0.254 e. The van der Waals surface area contributed by atoms with Gasteiger partial charge in [0, 0.05) is 18.8 Å². The van der Waals surface area contributed by atoms with Gasteiger partial charge in [-0.25, -0.2) is 14.4 Å². The van der Waals surface area contributed by atoms with Crippen molar-refractivity contribution >= 4 is 17.5 Å². The minimum Gasteiger partial charge on any atom is -0.481 e. The predicted octanol–water partition coefficient (Wildman–Crippen LogP) is 2.21. The number of aromatic nitrogens is 2. The van der Waals surface area contributed by atoms with E-state index in [-0.39, 0.29) is 17.3 Å². The molecule has 0 atom stereocenters. The highest BCUT2D eigenvalue weighted by Crippen LogP contribution is 2.14. The fourth-order valence-corrected chi connectivity index (χ4v) is 1.72. The van der Waals surface area contributed by atoms with Crippen molar-refractivity contribution in [1.82, 2.24) is 15.3 Å². The summed E-state index contributed by atoms with van der Waals surface area (Å²) in [6.07, 6.45) is 2.52. The van der Waals surface area contributed by atoms with Crippen molar-refractivity contribution in [3.63, 3.8) is 0 Å². The van der Waals surface area contributed by atoms with Crippen LogP contribution in [0, 0.1) is 5.82 Å². The molecule has 2 heterocycles. The third kappa shape index (κ3) is 3.42. The van der Waals surface area contributed by atoms with Gasteiger partial charge in [0.1, 0.15) is 11.0 Å². The molecule has 0 unspecified atom stereocenters. The molecule has 0 aromatic carbocycles. The van der Waals surface area contributed by atoms with Crippen molar-refractivity contribution in [2.24, 2.45) is 0 Å². The summed E-state index contributed by atoms with van der Waals surface area (Å²) in [5.74, 6) is -0.676. The van der Waals surface area contributed by atoms with E-state index in [0.717, 1.165) is 17.8 Å². The molecular formula is C13H11ClFN3O2. The van der Waals surface area contributed by atoms with Gasteiger partial charge in [0.25, 0.3) is 5.91 Å². The maximum atomic E-state index is 13.0. The number of nitrogens with zero attached hydrogens (tertiary/aromatic N) is 2. The van der Waals surface area contributed by atoms with Crippen LogP contribution in [0.3, 0.4) is 0 Å². The molecule has 2 aromatic rings. The zero-order valence-corrected chi connectivity index (χ0v) is 11.3. The third-order valence-corrected chi connectivity index (χ3v) is 2.81. The fraction of sp³-hybridized carbons (Fsp3) is 0.154. The largest absolute Gasteiger partial charge is 0.481 e. The number of amides is 1. The van der Waals surface area contributed by atoms with Gasteiger partial charge in [-0.15, -0.1) is 0 Å². The molecule has 0 saturated heterocycles. The van der Waals surface area contributed by atoms with Crippen LogP contribution in [0.4, 0.5) is 4.39 Å². The quantitative estimate of drug-likeness (QED) is 0.878. The Hall–Kier alpha value is -2.21. The molecular weight excluding hydrogens is 285 g/mol. The molecule has 0 bridgehead atoms. The van der Waals surface area contributed by atoms with Gasteiger partial charge in [-0.2, -0.15) is 0 Å².